The summed E-state index contributed by atoms with van der Waals surface area (Å²) in [5.41, 5.74) is 1.30. The topological polar surface area (TPSA) is 21.6 Å². The maximum absolute atomic E-state index is 5.41. The molecule has 1 fully saturated rings. The zero-order chi connectivity index (χ0) is 8.72. The number of oxime groups is 1. The monoisotopic (exact) mass is 167 g/mol. The van der Waals surface area contributed by atoms with Crippen LogP contribution in [-0.2, 0) is 4.84 Å². The average Bonchev–Trinajstić information content (AvgIpc) is 2.43. The van der Waals surface area contributed by atoms with Gasteiger partial charge in [0.2, 0.25) is 0 Å². The lowest BCUT2D eigenvalue weighted by atomic mass is 9.92. The molecule has 0 bridgehead atoms. The van der Waals surface area contributed by atoms with Crippen molar-refractivity contribution in [3.8, 4) is 0 Å². The van der Waals surface area contributed by atoms with Gasteiger partial charge in [0.15, 0.2) is 0 Å². The Hall–Kier alpha value is -0.530. The predicted octanol–water partition coefficient (Wildman–Crippen LogP) is 2.44. The van der Waals surface area contributed by atoms with Crippen molar-refractivity contribution in [1.82, 2.24) is 0 Å². The van der Waals surface area contributed by atoms with E-state index in [4.69, 9.17) is 4.84 Å². The number of hydrogen-bond donors (Lipinski definition) is 0. The van der Waals surface area contributed by atoms with Gasteiger partial charge in [-0.15, -0.1) is 0 Å². The molecule has 68 valence electrons. The molecule has 0 spiro atoms. The summed E-state index contributed by atoms with van der Waals surface area (Å²) in [6, 6.07) is 0. The minimum Gasteiger partial charge on any atom is -0.392 e. The molecule has 1 saturated carbocycles. The highest BCUT2D eigenvalue weighted by atomic mass is 16.6. The summed E-state index contributed by atoms with van der Waals surface area (Å²) >= 11 is 0. The van der Waals surface area contributed by atoms with E-state index in [1.165, 1.54) is 18.6 Å². The zero-order valence-electron chi connectivity index (χ0n) is 8.08. The molecule has 12 heavy (non-hydrogen) atoms. The highest BCUT2D eigenvalue weighted by Gasteiger charge is 2.41. The second-order valence-corrected chi connectivity index (χ2v) is 4.50. The molecule has 0 saturated heterocycles. The largest absolute Gasteiger partial charge is 0.392 e. The van der Waals surface area contributed by atoms with Crippen molar-refractivity contribution in [2.45, 2.75) is 39.7 Å². The number of fused-ring (bicyclic) bond motifs is 1. The Morgan fingerprint density at radius 3 is 2.83 bits per heavy atom. The molecule has 0 radical (unpaired) electrons. The van der Waals surface area contributed by atoms with Crippen molar-refractivity contribution >= 4 is 5.71 Å². The Balaban J connectivity index is 2.10. The lowest BCUT2D eigenvalue weighted by Crippen LogP contribution is -2.20. The van der Waals surface area contributed by atoms with E-state index in [0.29, 0.717) is 17.9 Å². The number of hydrogen-bond acceptors (Lipinski definition) is 2. The molecule has 2 rings (SSSR count). The fourth-order valence-corrected chi connectivity index (χ4v) is 2.40. The minimum atomic E-state index is 0.414. The van der Waals surface area contributed by atoms with E-state index in [9.17, 15) is 0 Å². The van der Waals surface area contributed by atoms with Gasteiger partial charge in [-0.2, -0.15) is 0 Å². The third kappa shape index (κ3) is 1.13. The highest BCUT2D eigenvalue weighted by Crippen LogP contribution is 2.39. The molecule has 0 aromatic rings. The Morgan fingerprint density at radius 2 is 2.17 bits per heavy atom. The van der Waals surface area contributed by atoms with Gasteiger partial charge in [-0.3, -0.25) is 0 Å². The van der Waals surface area contributed by atoms with Crippen molar-refractivity contribution in [1.29, 1.82) is 0 Å². The van der Waals surface area contributed by atoms with E-state index in [2.05, 4.69) is 25.9 Å². The van der Waals surface area contributed by atoms with Gasteiger partial charge in [-0.05, 0) is 24.7 Å². The Kier molecular flexibility index (Phi) is 1.85. The van der Waals surface area contributed by atoms with E-state index >= 15 is 0 Å². The Morgan fingerprint density at radius 1 is 1.42 bits per heavy atom. The molecule has 2 aliphatic rings. The van der Waals surface area contributed by atoms with Crippen LogP contribution >= 0.6 is 0 Å². The normalized spacial score (nSPS) is 39.7. The lowest BCUT2D eigenvalue weighted by Gasteiger charge is -2.10. The molecule has 2 heteroatoms. The molecule has 1 aliphatic heterocycles. The first kappa shape index (κ1) is 8.09. The molecule has 0 aromatic heterocycles. The van der Waals surface area contributed by atoms with Crippen molar-refractivity contribution in [2.75, 3.05) is 0 Å². The first-order chi connectivity index (χ1) is 5.68. The van der Waals surface area contributed by atoms with Crippen molar-refractivity contribution in [3.05, 3.63) is 0 Å². The lowest BCUT2D eigenvalue weighted by molar-refractivity contribution is 0.0721. The third-order valence-corrected chi connectivity index (χ3v) is 3.00. The third-order valence-electron chi connectivity index (χ3n) is 3.00. The van der Waals surface area contributed by atoms with Crippen LogP contribution in [0.5, 0.6) is 0 Å². The fourth-order valence-electron chi connectivity index (χ4n) is 2.40. The molecule has 0 amide bonds. The molecule has 1 aliphatic carbocycles. The van der Waals surface area contributed by atoms with Crippen LogP contribution in [0.25, 0.3) is 0 Å². The fraction of sp³-hybridized carbons (Fsp3) is 0.900. The van der Waals surface area contributed by atoms with Gasteiger partial charge >= 0.3 is 0 Å². The van der Waals surface area contributed by atoms with Gasteiger partial charge in [-0.1, -0.05) is 25.9 Å². The Bertz CT molecular complexity index is 210. The summed E-state index contributed by atoms with van der Waals surface area (Å²) in [5, 5.41) is 4.17. The quantitative estimate of drug-likeness (QED) is 0.587. The van der Waals surface area contributed by atoms with E-state index in [-0.39, 0.29) is 0 Å². The molecule has 1 heterocycles. The van der Waals surface area contributed by atoms with Gasteiger partial charge in [0.25, 0.3) is 0 Å². The maximum Gasteiger partial charge on any atom is 0.135 e. The summed E-state index contributed by atoms with van der Waals surface area (Å²) in [7, 11) is 0. The summed E-state index contributed by atoms with van der Waals surface area (Å²) in [4.78, 5) is 5.41. The van der Waals surface area contributed by atoms with E-state index in [0.717, 1.165) is 5.92 Å². The van der Waals surface area contributed by atoms with Gasteiger partial charge in [0.1, 0.15) is 6.10 Å². The van der Waals surface area contributed by atoms with Crippen LogP contribution in [0.2, 0.25) is 0 Å². The summed E-state index contributed by atoms with van der Waals surface area (Å²) in [6.07, 6.45) is 2.89. The van der Waals surface area contributed by atoms with E-state index in [1.54, 1.807) is 0 Å². The van der Waals surface area contributed by atoms with Crippen LogP contribution in [0.4, 0.5) is 0 Å². The predicted molar refractivity (Wildman–Crippen MR) is 49.0 cm³/mol. The standard InChI is InChI=1S/C10H17NO/c1-6(2)10-8-4-7(3)5-9(8)12-11-10/h6-9H,4-5H2,1-3H3. The summed E-state index contributed by atoms with van der Waals surface area (Å²) in [6.45, 7) is 6.71. The van der Waals surface area contributed by atoms with Crippen molar-refractivity contribution < 1.29 is 4.84 Å². The van der Waals surface area contributed by atoms with E-state index < -0.39 is 0 Å². The van der Waals surface area contributed by atoms with Crippen molar-refractivity contribution in [3.63, 3.8) is 0 Å². The maximum atomic E-state index is 5.41. The average molecular weight is 167 g/mol. The first-order valence-corrected chi connectivity index (χ1v) is 4.92. The highest BCUT2D eigenvalue weighted by molar-refractivity contribution is 5.89. The number of nitrogens with zero attached hydrogens (tertiary/aromatic N) is 1. The second-order valence-electron chi connectivity index (χ2n) is 4.50. The minimum absolute atomic E-state index is 0.414. The van der Waals surface area contributed by atoms with Crippen LogP contribution < -0.4 is 0 Å². The molecule has 3 atom stereocenters. The Labute approximate surface area is 74.0 Å². The van der Waals surface area contributed by atoms with Gasteiger partial charge < -0.3 is 4.84 Å². The molecule has 3 unspecified atom stereocenters. The molecular weight excluding hydrogens is 150 g/mol. The first-order valence-electron chi connectivity index (χ1n) is 4.92. The zero-order valence-corrected chi connectivity index (χ0v) is 8.08. The molecule has 2 nitrogen and oxygen atoms in total. The second kappa shape index (κ2) is 2.75. The summed E-state index contributed by atoms with van der Waals surface area (Å²) in [5.74, 6) is 2.02. The molecular formula is C10H17NO. The van der Waals surface area contributed by atoms with Gasteiger partial charge in [0.05, 0.1) is 5.71 Å². The summed E-state index contributed by atoms with van der Waals surface area (Å²) < 4.78 is 0. The van der Waals surface area contributed by atoms with Crippen LogP contribution in [-0.4, -0.2) is 11.8 Å². The van der Waals surface area contributed by atoms with Gasteiger partial charge in [-0.25, -0.2) is 0 Å². The molecule has 0 N–H and O–H groups in total. The molecule has 0 aromatic carbocycles. The smallest absolute Gasteiger partial charge is 0.135 e. The van der Waals surface area contributed by atoms with E-state index in [1.807, 2.05) is 0 Å². The van der Waals surface area contributed by atoms with Crippen molar-refractivity contribution in [2.24, 2.45) is 22.9 Å². The van der Waals surface area contributed by atoms with Crippen LogP contribution in [0, 0.1) is 17.8 Å². The van der Waals surface area contributed by atoms with Crippen LogP contribution in [0.1, 0.15) is 33.6 Å². The van der Waals surface area contributed by atoms with Crippen LogP contribution in [0.3, 0.4) is 0 Å². The van der Waals surface area contributed by atoms with Gasteiger partial charge in [0, 0.05) is 5.92 Å². The number of rotatable bonds is 1. The van der Waals surface area contributed by atoms with Crippen LogP contribution in [0.15, 0.2) is 5.16 Å². The SMILES string of the molecule is CC1CC2ON=C(C(C)C)C2C1.